The third-order valence-electron chi connectivity index (χ3n) is 4.49. The Bertz CT molecular complexity index is 781. The van der Waals surface area contributed by atoms with Gasteiger partial charge in [-0.15, -0.1) is 11.3 Å². The van der Waals surface area contributed by atoms with Crippen LogP contribution in [-0.2, 0) is 25.6 Å². The number of aromatic nitrogens is 3. The molecule has 0 spiro atoms. The van der Waals surface area contributed by atoms with Crippen LogP contribution >= 0.6 is 11.3 Å². The normalized spacial score (nSPS) is 17.4. The van der Waals surface area contributed by atoms with Crippen molar-refractivity contribution in [3.63, 3.8) is 0 Å². The molecule has 1 aliphatic rings. The van der Waals surface area contributed by atoms with Gasteiger partial charge in [-0.1, -0.05) is 13.3 Å². The number of carbonyl (C=O) groups excluding carboxylic acids is 1. The van der Waals surface area contributed by atoms with Gasteiger partial charge in [0.15, 0.2) is 10.8 Å². The minimum absolute atomic E-state index is 0.0338. The summed E-state index contributed by atoms with van der Waals surface area (Å²) in [5.41, 5.74) is -0.556. The molecule has 5 nitrogen and oxygen atoms in total. The largest absolute Gasteiger partial charge is 0.433 e. The van der Waals surface area contributed by atoms with Crippen LogP contribution in [0.5, 0.6) is 0 Å². The van der Waals surface area contributed by atoms with Crippen molar-refractivity contribution >= 4 is 22.4 Å². The molecule has 0 unspecified atom stereocenters. The molecule has 0 fully saturated rings. The molecule has 0 saturated heterocycles. The van der Waals surface area contributed by atoms with Crippen LogP contribution in [0.15, 0.2) is 6.20 Å². The first-order valence-corrected chi connectivity index (χ1v) is 9.08. The van der Waals surface area contributed by atoms with Gasteiger partial charge < -0.3 is 0 Å². The van der Waals surface area contributed by atoms with Crippen LogP contribution in [0.25, 0.3) is 0 Å². The van der Waals surface area contributed by atoms with Gasteiger partial charge >= 0.3 is 6.18 Å². The number of thiazole rings is 1. The van der Waals surface area contributed by atoms with Crippen LogP contribution in [0, 0.1) is 5.92 Å². The molecule has 0 aromatic carbocycles. The van der Waals surface area contributed by atoms with E-state index in [1.54, 1.807) is 6.92 Å². The maximum Gasteiger partial charge on any atom is 0.433 e. The summed E-state index contributed by atoms with van der Waals surface area (Å²) < 4.78 is 40.5. The zero-order valence-corrected chi connectivity index (χ0v) is 14.8. The van der Waals surface area contributed by atoms with Gasteiger partial charge in [0.2, 0.25) is 0 Å². The summed E-state index contributed by atoms with van der Waals surface area (Å²) in [5.74, 6) is -0.221. The highest BCUT2D eigenvalue weighted by Crippen LogP contribution is 2.35. The highest BCUT2D eigenvalue weighted by Gasteiger charge is 2.40. The summed E-state index contributed by atoms with van der Waals surface area (Å²) >= 11 is 1.35. The lowest BCUT2D eigenvalue weighted by Gasteiger charge is -2.18. The van der Waals surface area contributed by atoms with Crippen molar-refractivity contribution in [3.8, 4) is 0 Å². The number of hydrogen-bond acceptors (Lipinski definition) is 4. The first-order chi connectivity index (χ1) is 11.8. The molecule has 1 amide bonds. The van der Waals surface area contributed by atoms with Crippen LogP contribution in [-0.4, -0.2) is 20.7 Å². The Morgan fingerprint density at radius 3 is 2.84 bits per heavy atom. The molecule has 1 N–H and O–H groups in total. The number of alkyl halides is 3. The fraction of sp³-hybridized carbons (Fsp3) is 0.562. The molecule has 0 bridgehead atoms. The van der Waals surface area contributed by atoms with E-state index in [9.17, 15) is 18.0 Å². The lowest BCUT2D eigenvalue weighted by Crippen LogP contribution is -2.21. The Labute approximate surface area is 147 Å². The number of carbonyl (C=O) groups is 1. The first-order valence-electron chi connectivity index (χ1n) is 8.26. The van der Waals surface area contributed by atoms with E-state index < -0.39 is 23.3 Å². The fourth-order valence-electron chi connectivity index (χ4n) is 3.10. The molecule has 2 aromatic heterocycles. The molecular formula is C16H19F3N4OS. The molecule has 136 valence electrons. The second-order valence-electron chi connectivity index (χ2n) is 6.08. The molecule has 9 heteroatoms. The number of anilines is 1. The molecule has 2 aromatic rings. The third kappa shape index (κ3) is 3.56. The number of aryl methyl sites for hydroxylation is 2. The van der Waals surface area contributed by atoms with Crippen molar-refractivity contribution in [2.75, 3.05) is 5.32 Å². The second kappa shape index (κ2) is 6.78. The minimum Gasteiger partial charge on any atom is -0.298 e. The van der Waals surface area contributed by atoms with Gasteiger partial charge in [0.05, 0.1) is 17.5 Å². The number of fused-ring (bicyclic) bond motifs is 1. The maximum absolute atomic E-state index is 13.2. The lowest BCUT2D eigenvalue weighted by molar-refractivity contribution is -0.144. The van der Waals surface area contributed by atoms with Crippen molar-refractivity contribution < 1.29 is 18.0 Å². The van der Waals surface area contributed by atoms with Crippen LogP contribution in [0.4, 0.5) is 18.3 Å². The molecule has 2 heterocycles. The monoisotopic (exact) mass is 372 g/mol. The van der Waals surface area contributed by atoms with Gasteiger partial charge in [-0.3, -0.25) is 14.8 Å². The zero-order valence-electron chi connectivity index (χ0n) is 14.0. The van der Waals surface area contributed by atoms with Gasteiger partial charge in [-0.2, -0.15) is 18.3 Å². The molecular weight excluding hydrogens is 353 g/mol. The summed E-state index contributed by atoms with van der Waals surface area (Å²) in [7, 11) is 0. The van der Waals surface area contributed by atoms with Gasteiger partial charge in [-0.05, 0) is 32.1 Å². The smallest absolute Gasteiger partial charge is 0.298 e. The van der Waals surface area contributed by atoms with E-state index in [0.29, 0.717) is 11.0 Å². The van der Waals surface area contributed by atoms with Gasteiger partial charge in [-0.25, -0.2) is 4.98 Å². The van der Waals surface area contributed by atoms with Crippen molar-refractivity contribution in [2.45, 2.75) is 52.3 Å². The van der Waals surface area contributed by atoms with Crippen LogP contribution in [0.2, 0.25) is 0 Å². The number of nitrogens with one attached hydrogen (secondary N) is 1. The predicted octanol–water partition coefficient (Wildman–Crippen LogP) is 4.15. The van der Waals surface area contributed by atoms with E-state index in [1.807, 2.05) is 0 Å². The quantitative estimate of drug-likeness (QED) is 0.877. The Hall–Kier alpha value is -1.90. The minimum atomic E-state index is -4.64. The topological polar surface area (TPSA) is 59.8 Å². The fourth-order valence-corrected chi connectivity index (χ4v) is 4.22. The Kier molecular flexibility index (Phi) is 4.86. The van der Waals surface area contributed by atoms with Gasteiger partial charge in [0.1, 0.15) is 0 Å². The first kappa shape index (κ1) is 17.9. The number of nitrogens with zero attached hydrogens (tertiary/aromatic N) is 3. The van der Waals surface area contributed by atoms with Crippen molar-refractivity contribution in [1.29, 1.82) is 0 Å². The lowest BCUT2D eigenvalue weighted by atomic mass is 9.89. The second-order valence-corrected chi connectivity index (χ2v) is 7.16. The van der Waals surface area contributed by atoms with E-state index >= 15 is 0 Å². The Morgan fingerprint density at radius 2 is 2.20 bits per heavy atom. The molecule has 25 heavy (non-hydrogen) atoms. The number of rotatable bonds is 4. The zero-order chi connectivity index (χ0) is 18.2. The maximum atomic E-state index is 13.2. The summed E-state index contributed by atoms with van der Waals surface area (Å²) in [6.45, 7) is 3.72. The number of amides is 1. The molecule has 1 atom stereocenters. The molecule has 0 saturated carbocycles. The molecule has 0 aliphatic heterocycles. The van der Waals surface area contributed by atoms with Crippen LogP contribution in [0.1, 0.15) is 53.3 Å². The van der Waals surface area contributed by atoms with Crippen molar-refractivity contribution in [1.82, 2.24) is 14.8 Å². The summed E-state index contributed by atoms with van der Waals surface area (Å²) in [6, 6.07) is 0. The van der Waals surface area contributed by atoms with E-state index in [1.165, 1.54) is 11.3 Å². The highest BCUT2D eigenvalue weighted by atomic mass is 32.1. The van der Waals surface area contributed by atoms with Gasteiger partial charge in [0.25, 0.3) is 5.91 Å². The summed E-state index contributed by atoms with van der Waals surface area (Å²) in [5, 5.41) is 6.53. The van der Waals surface area contributed by atoms with E-state index in [4.69, 9.17) is 0 Å². The van der Waals surface area contributed by atoms with E-state index in [-0.39, 0.29) is 6.54 Å². The molecule has 3 rings (SSSR count). The Morgan fingerprint density at radius 1 is 1.44 bits per heavy atom. The summed E-state index contributed by atoms with van der Waals surface area (Å²) in [6.07, 6.45) is 0.229. The Balaban J connectivity index is 1.82. The highest BCUT2D eigenvalue weighted by molar-refractivity contribution is 7.15. The van der Waals surface area contributed by atoms with Crippen LogP contribution < -0.4 is 5.32 Å². The van der Waals surface area contributed by atoms with Crippen molar-refractivity contribution in [3.05, 3.63) is 28.0 Å². The standard InChI is InChI=1S/C16H19F3N4OS/c1-3-9-5-6-11-12(7-9)25-15(21-11)22-14(24)10-8-20-23(4-2)13(10)16(17,18)19/h8-9H,3-7H2,1-2H3,(H,21,22,24)/t9-/m1/s1. The average molecular weight is 372 g/mol. The molecule has 1 aliphatic carbocycles. The molecule has 0 radical (unpaired) electrons. The van der Waals surface area contributed by atoms with Gasteiger partial charge in [0, 0.05) is 11.4 Å². The van der Waals surface area contributed by atoms with E-state index in [0.717, 1.165) is 47.1 Å². The van der Waals surface area contributed by atoms with E-state index in [2.05, 4.69) is 22.3 Å². The van der Waals surface area contributed by atoms with Crippen molar-refractivity contribution in [2.24, 2.45) is 5.92 Å². The predicted molar refractivity (Wildman–Crippen MR) is 88.8 cm³/mol. The average Bonchev–Trinajstić information content (AvgIpc) is 3.16. The van der Waals surface area contributed by atoms with Crippen LogP contribution in [0.3, 0.4) is 0 Å². The number of hydrogen-bond donors (Lipinski definition) is 1. The third-order valence-corrected chi connectivity index (χ3v) is 5.53. The SMILES string of the molecule is CC[C@@H]1CCc2nc(NC(=O)c3cnn(CC)c3C(F)(F)F)sc2C1. The summed E-state index contributed by atoms with van der Waals surface area (Å²) in [4.78, 5) is 17.8. The number of halogens is 3.